The summed E-state index contributed by atoms with van der Waals surface area (Å²) in [5.74, 6) is -6.00. The van der Waals surface area contributed by atoms with E-state index in [1.54, 1.807) is 20.8 Å². The number of hydrogen-bond donors (Lipinski definition) is 1. The van der Waals surface area contributed by atoms with Gasteiger partial charge in [-0.2, -0.15) is 0 Å². The minimum absolute atomic E-state index is 0.0963. The van der Waals surface area contributed by atoms with E-state index in [0.29, 0.717) is 6.07 Å². The van der Waals surface area contributed by atoms with Crippen molar-refractivity contribution in [2.45, 2.75) is 47.1 Å². The third kappa shape index (κ3) is 4.91. The van der Waals surface area contributed by atoms with Crippen molar-refractivity contribution in [3.63, 3.8) is 0 Å². The summed E-state index contributed by atoms with van der Waals surface area (Å²) < 4.78 is 69.8. The number of hydrogen-bond acceptors (Lipinski definition) is 5. The fraction of sp³-hybridized carbons (Fsp3) is 0.320. The Bertz CT molecular complexity index is 1460. The number of nitrogens with one attached hydrogen (secondary N) is 1. The van der Waals surface area contributed by atoms with Gasteiger partial charge in [0.25, 0.3) is 0 Å². The lowest BCUT2D eigenvalue weighted by Gasteiger charge is -2.21. The van der Waals surface area contributed by atoms with Crippen LogP contribution in [0.3, 0.4) is 0 Å². The lowest BCUT2D eigenvalue weighted by Crippen LogP contribution is -2.27. The van der Waals surface area contributed by atoms with E-state index in [1.807, 2.05) is 0 Å². The van der Waals surface area contributed by atoms with E-state index in [0.717, 1.165) is 23.8 Å². The monoisotopic (exact) mass is 508 g/mol. The van der Waals surface area contributed by atoms with Gasteiger partial charge in [-0.1, -0.05) is 0 Å². The number of amides is 1. The van der Waals surface area contributed by atoms with Crippen LogP contribution in [-0.4, -0.2) is 28.8 Å². The van der Waals surface area contributed by atoms with Gasteiger partial charge in [-0.3, -0.25) is 10.1 Å². The lowest BCUT2D eigenvalue weighted by molar-refractivity contribution is 0.0523. The molecule has 0 saturated carbocycles. The molecule has 36 heavy (non-hydrogen) atoms. The topological polar surface area (TPSA) is 86.6 Å². The number of esters is 1. The molecule has 0 fully saturated rings. The van der Waals surface area contributed by atoms with E-state index < -0.39 is 68.9 Å². The first-order valence-electron chi connectivity index (χ1n) is 10.9. The number of halogens is 4. The maximum Gasteiger partial charge on any atom is 0.412 e. The van der Waals surface area contributed by atoms with Crippen molar-refractivity contribution in [3.8, 4) is 5.69 Å². The number of aryl methyl sites for hydroxylation is 2. The van der Waals surface area contributed by atoms with Crippen LogP contribution in [0.25, 0.3) is 16.6 Å². The smallest absolute Gasteiger partial charge is 0.412 e. The van der Waals surface area contributed by atoms with Gasteiger partial charge in [-0.05, 0) is 47.6 Å². The Morgan fingerprint density at radius 3 is 2.19 bits per heavy atom. The number of carbonyl (C=O) groups is 2. The van der Waals surface area contributed by atoms with Gasteiger partial charge in [-0.15, -0.1) is 0 Å². The zero-order valence-electron chi connectivity index (χ0n) is 20.4. The van der Waals surface area contributed by atoms with Gasteiger partial charge in [0.2, 0.25) is 5.43 Å². The Balaban J connectivity index is 2.39. The molecule has 0 aliphatic rings. The van der Waals surface area contributed by atoms with Crippen molar-refractivity contribution in [2.24, 2.45) is 0 Å². The molecule has 3 aromatic rings. The maximum absolute atomic E-state index is 15.1. The van der Waals surface area contributed by atoms with E-state index in [2.05, 4.69) is 5.32 Å². The Hall–Kier alpha value is -3.89. The molecule has 0 bridgehead atoms. The Morgan fingerprint density at radius 1 is 1.00 bits per heavy atom. The van der Waals surface area contributed by atoms with Crippen LogP contribution in [0.2, 0.25) is 0 Å². The number of aromatic nitrogens is 1. The zero-order chi connectivity index (χ0) is 27.1. The largest absolute Gasteiger partial charge is 0.462 e. The van der Waals surface area contributed by atoms with Crippen molar-refractivity contribution in [1.29, 1.82) is 0 Å². The number of anilines is 1. The van der Waals surface area contributed by atoms with Crippen molar-refractivity contribution in [3.05, 3.63) is 68.5 Å². The van der Waals surface area contributed by atoms with Gasteiger partial charge in [-0.25, -0.2) is 27.2 Å². The van der Waals surface area contributed by atoms with Crippen LogP contribution in [-0.2, 0) is 9.47 Å². The second kappa shape index (κ2) is 9.63. The average molecular weight is 508 g/mol. The van der Waals surface area contributed by atoms with E-state index in [4.69, 9.17) is 9.47 Å². The lowest BCUT2D eigenvalue weighted by atomic mass is 10.0. The molecule has 1 N–H and O–H groups in total. The molecule has 1 heterocycles. The summed E-state index contributed by atoms with van der Waals surface area (Å²) in [6.45, 7) is 8.46. The molecule has 0 radical (unpaired) electrons. The number of nitrogens with zero attached hydrogens (tertiary/aromatic N) is 1. The molecule has 1 amide bonds. The molecular weight excluding hydrogens is 484 g/mol. The summed E-state index contributed by atoms with van der Waals surface area (Å²) in [6.07, 6.45) is -0.129. The van der Waals surface area contributed by atoms with Crippen LogP contribution in [0.5, 0.6) is 0 Å². The van der Waals surface area contributed by atoms with Crippen molar-refractivity contribution < 1.29 is 36.6 Å². The van der Waals surface area contributed by atoms with Crippen LogP contribution in [0.1, 0.15) is 49.2 Å². The minimum Gasteiger partial charge on any atom is -0.462 e. The van der Waals surface area contributed by atoms with Gasteiger partial charge < -0.3 is 14.0 Å². The second-order valence-electron chi connectivity index (χ2n) is 8.97. The number of benzene rings is 2. The Morgan fingerprint density at radius 2 is 1.61 bits per heavy atom. The number of carbonyl (C=O) groups excluding carboxylic acids is 2. The summed E-state index contributed by atoms with van der Waals surface area (Å²) >= 11 is 0. The van der Waals surface area contributed by atoms with Gasteiger partial charge in [0.15, 0.2) is 11.6 Å². The molecular formula is C25H24F4N2O5. The third-order valence-electron chi connectivity index (χ3n) is 5.22. The molecule has 0 saturated heterocycles. The average Bonchev–Trinajstić information content (AvgIpc) is 2.76. The quantitative estimate of drug-likeness (QED) is 0.362. The van der Waals surface area contributed by atoms with Gasteiger partial charge >= 0.3 is 12.1 Å². The molecule has 192 valence electrons. The minimum atomic E-state index is -1.31. The maximum atomic E-state index is 15.1. The predicted molar refractivity (Wildman–Crippen MR) is 125 cm³/mol. The van der Waals surface area contributed by atoms with E-state index >= 15 is 4.39 Å². The Labute approximate surface area is 203 Å². The fourth-order valence-corrected chi connectivity index (χ4v) is 3.65. The summed E-state index contributed by atoms with van der Waals surface area (Å²) in [4.78, 5) is 37.8. The molecule has 1 aromatic heterocycles. The van der Waals surface area contributed by atoms with Crippen LogP contribution >= 0.6 is 0 Å². The molecule has 3 rings (SSSR count). The zero-order valence-corrected chi connectivity index (χ0v) is 20.4. The molecule has 11 heteroatoms. The molecule has 0 atom stereocenters. The van der Waals surface area contributed by atoms with Crippen LogP contribution in [0, 0.1) is 37.1 Å². The SMILES string of the molecule is CCOC(=O)c1cn(-c2cc(NC(=O)OC(C)(C)C)c(F)cc2F)c2c(C)c(F)c(F)c(C)c2c1=O. The Kier molecular flexibility index (Phi) is 7.15. The third-order valence-corrected chi connectivity index (χ3v) is 5.22. The van der Waals surface area contributed by atoms with Crippen molar-refractivity contribution >= 4 is 28.7 Å². The number of rotatable bonds is 4. The first-order valence-corrected chi connectivity index (χ1v) is 10.9. The van der Waals surface area contributed by atoms with Crippen LogP contribution in [0.15, 0.2) is 23.1 Å². The summed E-state index contributed by atoms with van der Waals surface area (Å²) in [6, 6.07) is 1.33. The highest BCUT2D eigenvalue weighted by atomic mass is 19.2. The van der Waals surface area contributed by atoms with Crippen LogP contribution in [0.4, 0.5) is 28.0 Å². The highest BCUT2D eigenvalue weighted by molar-refractivity contribution is 5.96. The molecule has 0 unspecified atom stereocenters. The fourth-order valence-electron chi connectivity index (χ4n) is 3.65. The van der Waals surface area contributed by atoms with E-state index in [-0.39, 0.29) is 23.1 Å². The first-order chi connectivity index (χ1) is 16.7. The number of fused-ring (bicyclic) bond motifs is 1. The molecule has 0 aliphatic carbocycles. The van der Waals surface area contributed by atoms with E-state index in [9.17, 15) is 27.6 Å². The first kappa shape index (κ1) is 26.7. The number of pyridine rings is 1. The summed E-state index contributed by atoms with van der Waals surface area (Å²) in [5, 5.41) is 1.78. The van der Waals surface area contributed by atoms with Gasteiger partial charge in [0.05, 0.1) is 28.9 Å². The van der Waals surface area contributed by atoms with Gasteiger partial charge in [0, 0.05) is 23.4 Å². The molecule has 7 nitrogen and oxygen atoms in total. The van der Waals surface area contributed by atoms with Crippen LogP contribution < -0.4 is 10.7 Å². The van der Waals surface area contributed by atoms with E-state index in [1.165, 1.54) is 13.8 Å². The highest BCUT2D eigenvalue weighted by Gasteiger charge is 2.26. The van der Waals surface area contributed by atoms with Crippen molar-refractivity contribution in [2.75, 3.05) is 11.9 Å². The highest BCUT2D eigenvalue weighted by Crippen LogP contribution is 2.31. The molecule has 2 aromatic carbocycles. The number of ether oxygens (including phenoxy) is 2. The standard InChI is InChI=1S/C25H24F4N2O5/c1-7-35-23(33)13-10-31(21-12(3)20(29)19(28)11(2)18(21)22(13)32)17-9-16(14(26)8-15(17)27)30-24(34)36-25(4,5)6/h8-10H,7H2,1-6H3,(H,30,34). The second-order valence-corrected chi connectivity index (χ2v) is 8.97. The van der Waals surface area contributed by atoms with Gasteiger partial charge in [0.1, 0.15) is 22.8 Å². The summed E-state index contributed by atoms with van der Waals surface area (Å²) in [5.41, 5.74) is -4.43. The summed E-state index contributed by atoms with van der Waals surface area (Å²) in [7, 11) is 0. The normalized spacial score (nSPS) is 11.5. The predicted octanol–water partition coefficient (Wildman–Crippen LogP) is 5.69. The molecule has 0 spiro atoms. The van der Waals surface area contributed by atoms with Crippen molar-refractivity contribution in [1.82, 2.24) is 4.57 Å². The molecule has 0 aliphatic heterocycles.